The van der Waals surface area contributed by atoms with Crippen molar-refractivity contribution in [1.82, 2.24) is 15.1 Å². The van der Waals surface area contributed by atoms with Crippen LogP contribution in [0.5, 0.6) is 0 Å². The summed E-state index contributed by atoms with van der Waals surface area (Å²) in [7, 11) is 1.57. The van der Waals surface area contributed by atoms with Crippen LogP contribution < -0.4 is 10.2 Å². The molecule has 1 N–H and O–H groups in total. The van der Waals surface area contributed by atoms with Crippen LogP contribution in [0.4, 0.5) is 5.69 Å². The van der Waals surface area contributed by atoms with E-state index in [0.717, 1.165) is 5.69 Å². The first-order valence-corrected chi connectivity index (χ1v) is 10.5. The molecule has 29 heavy (non-hydrogen) atoms. The number of hydrogen-bond donors (Lipinski definition) is 1. The molecule has 3 rings (SSSR count). The van der Waals surface area contributed by atoms with Gasteiger partial charge in [-0.25, -0.2) is 0 Å². The van der Waals surface area contributed by atoms with Crippen LogP contribution in [0, 0.1) is 5.41 Å². The van der Waals surface area contributed by atoms with Crippen LogP contribution in [-0.2, 0) is 14.4 Å². The molecular weight excluding hydrogens is 392 g/mol. The van der Waals surface area contributed by atoms with Gasteiger partial charge in [-0.05, 0) is 38.8 Å². The van der Waals surface area contributed by atoms with Crippen molar-refractivity contribution in [2.75, 3.05) is 44.1 Å². The van der Waals surface area contributed by atoms with Crippen molar-refractivity contribution in [3.05, 3.63) is 30.3 Å². The number of anilines is 1. The van der Waals surface area contributed by atoms with Gasteiger partial charge in [0.05, 0.1) is 12.1 Å². The van der Waals surface area contributed by atoms with E-state index >= 15 is 0 Å². The van der Waals surface area contributed by atoms with Crippen LogP contribution in [0.25, 0.3) is 0 Å². The van der Waals surface area contributed by atoms with E-state index in [2.05, 4.69) is 10.2 Å². The quantitative estimate of drug-likeness (QED) is 0.735. The summed E-state index contributed by atoms with van der Waals surface area (Å²) in [4.78, 5) is 43.7. The molecule has 1 aromatic carbocycles. The summed E-state index contributed by atoms with van der Waals surface area (Å²) in [6, 6.07) is 9.78. The Morgan fingerprint density at radius 1 is 1.17 bits per heavy atom. The van der Waals surface area contributed by atoms with Crippen LogP contribution in [0.2, 0.25) is 0 Å². The van der Waals surface area contributed by atoms with Crippen molar-refractivity contribution < 1.29 is 14.4 Å². The molecule has 2 aliphatic heterocycles. The molecule has 3 amide bonds. The molecule has 1 aromatic rings. The van der Waals surface area contributed by atoms with Gasteiger partial charge in [-0.15, -0.1) is 11.6 Å². The number of nitrogens with one attached hydrogen (secondary N) is 1. The molecular formula is C21H29ClN4O3. The average Bonchev–Trinajstić information content (AvgIpc) is 3.00. The summed E-state index contributed by atoms with van der Waals surface area (Å²) < 4.78 is 0. The van der Waals surface area contributed by atoms with Crippen LogP contribution >= 0.6 is 11.6 Å². The number of rotatable bonds is 5. The van der Waals surface area contributed by atoms with Gasteiger partial charge in [0.25, 0.3) is 5.91 Å². The standard InChI is InChI=1S/C21H29ClN4O3/c1-20(2,14-22)18(28)24-11-9-21(10-12-24)19(29)25(13-17(27)23-3)15-26(21)16-7-5-4-6-8-16/h4-8H,9-15H2,1-3H3,(H,23,27). The molecule has 8 heteroatoms. The monoisotopic (exact) mass is 420 g/mol. The second kappa shape index (κ2) is 8.22. The summed E-state index contributed by atoms with van der Waals surface area (Å²) in [5.74, 6) is 0.0254. The maximum absolute atomic E-state index is 13.4. The third kappa shape index (κ3) is 3.92. The summed E-state index contributed by atoms with van der Waals surface area (Å²) in [5.41, 5.74) is -0.422. The topological polar surface area (TPSA) is 73.0 Å². The molecule has 0 atom stereocenters. The van der Waals surface area contributed by atoms with E-state index in [1.54, 1.807) is 11.9 Å². The number of benzene rings is 1. The van der Waals surface area contributed by atoms with Crippen molar-refractivity contribution in [3.8, 4) is 0 Å². The van der Waals surface area contributed by atoms with E-state index in [4.69, 9.17) is 11.6 Å². The molecule has 0 radical (unpaired) electrons. The Balaban J connectivity index is 1.85. The van der Waals surface area contributed by atoms with E-state index < -0.39 is 11.0 Å². The van der Waals surface area contributed by atoms with Crippen LogP contribution in [-0.4, -0.2) is 72.3 Å². The van der Waals surface area contributed by atoms with Gasteiger partial charge < -0.3 is 20.0 Å². The normalized spacial score (nSPS) is 19.0. The summed E-state index contributed by atoms with van der Waals surface area (Å²) in [5, 5.41) is 2.59. The molecule has 2 heterocycles. The zero-order valence-electron chi connectivity index (χ0n) is 17.3. The van der Waals surface area contributed by atoms with Crippen molar-refractivity contribution in [2.45, 2.75) is 32.2 Å². The molecule has 2 fully saturated rings. The number of piperidine rings is 1. The first-order valence-electron chi connectivity index (χ1n) is 9.93. The minimum absolute atomic E-state index is 0.0151. The lowest BCUT2D eigenvalue weighted by Crippen LogP contribution is -2.58. The number of carbonyl (C=O) groups excluding carboxylic acids is 3. The van der Waals surface area contributed by atoms with Crippen LogP contribution in [0.1, 0.15) is 26.7 Å². The summed E-state index contributed by atoms with van der Waals surface area (Å²) >= 11 is 5.98. The van der Waals surface area contributed by atoms with E-state index in [1.807, 2.05) is 49.1 Å². The largest absolute Gasteiger partial charge is 0.358 e. The fourth-order valence-electron chi connectivity index (χ4n) is 4.14. The molecule has 7 nitrogen and oxygen atoms in total. The molecule has 158 valence electrons. The maximum atomic E-state index is 13.4. The Kier molecular flexibility index (Phi) is 6.08. The lowest BCUT2D eigenvalue weighted by molar-refractivity contribution is -0.144. The van der Waals surface area contributed by atoms with Crippen molar-refractivity contribution in [2.24, 2.45) is 5.41 Å². The molecule has 0 unspecified atom stereocenters. The van der Waals surface area contributed by atoms with Crippen molar-refractivity contribution in [3.63, 3.8) is 0 Å². The van der Waals surface area contributed by atoms with Gasteiger partial charge in [0.2, 0.25) is 11.8 Å². The van der Waals surface area contributed by atoms with Crippen LogP contribution in [0.15, 0.2) is 30.3 Å². The lowest BCUT2D eigenvalue weighted by atomic mass is 9.84. The first-order chi connectivity index (χ1) is 13.7. The smallest absolute Gasteiger partial charge is 0.250 e. The fourth-order valence-corrected chi connectivity index (χ4v) is 4.25. The van der Waals surface area contributed by atoms with Gasteiger partial charge in [-0.3, -0.25) is 14.4 Å². The lowest BCUT2D eigenvalue weighted by Gasteiger charge is -2.44. The third-order valence-corrected chi connectivity index (χ3v) is 6.65. The Morgan fingerprint density at radius 3 is 2.34 bits per heavy atom. The van der Waals surface area contributed by atoms with Gasteiger partial charge >= 0.3 is 0 Å². The highest BCUT2D eigenvalue weighted by Gasteiger charge is 2.54. The van der Waals surface area contributed by atoms with Crippen LogP contribution in [0.3, 0.4) is 0 Å². The first kappa shape index (κ1) is 21.4. The van der Waals surface area contributed by atoms with E-state index in [-0.39, 0.29) is 30.1 Å². The predicted octanol–water partition coefficient (Wildman–Crippen LogP) is 1.66. The highest BCUT2D eigenvalue weighted by atomic mass is 35.5. The second-order valence-electron chi connectivity index (χ2n) is 8.42. The second-order valence-corrected chi connectivity index (χ2v) is 8.69. The summed E-state index contributed by atoms with van der Waals surface area (Å²) in [6.07, 6.45) is 1.05. The van der Waals surface area contributed by atoms with Gasteiger partial charge in [-0.1, -0.05) is 18.2 Å². The summed E-state index contributed by atoms with van der Waals surface area (Å²) in [6.45, 7) is 5.05. The minimum atomic E-state index is -0.739. The van der Waals surface area contributed by atoms with Crippen molar-refractivity contribution >= 4 is 35.0 Å². The van der Waals surface area contributed by atoms with E-state index in [1.165, 1.54) is 0 Å². The zero-order chi connectivity index (χ0) is 21.2. The SMILES string of the molecule is CNC(=O)CN1CN(c2ccccc2)C2(CCN(C(=O)C(C)(C)CCl)CC2)C1=O. The molecule has 0 aromatic heterocycles. The number of likely N-dealkylation sites (tertiary alicyclic amines) is 1. The molecule has 0 bridgehead atoms. The Morgan fingerprint density at radius 2 is 1.79 bits per heavy atom. The van der Waals surface area contributed by atoms with Crippen molar-refractivity contribution in [1.29, 1.82) is 0 Å². The fraction of sp³-hybridized carbons (Fsp3) is 0.571. The van der Waals surface area contributed by atoms with Gasteiger partial charge in [0.15, 0.2) is 0 Å². The van der Waals surface area contributed by atoms with E-state index in [0.29, 0.717) is 32.6 Å². The number of amides is 3. The molecule has 1 spiro atoms. The number of halogens is 1. The number of hydrogen-bond acceptors (Lipinski definition) is 4. The maximum Gasteiger partial charge on any atom is 0.250 e. The van der Waals surface area contributed by atoms with Gasteiger partial charge in [0.1, 0.15) is 12.1 Å². The Bertz CT molecular complexity index is 775. The highest BCUT2D eigenvalue weighted by molar-refractivity contribution is 6.19. The predicted molar refractivity (Wildman–Crippen MR) is 113 cm³/mol. The molecule has 0 aliphatic carbocycles. The third-order valence-electron chi connectivity index (χ3n) is 5.99. The number of alkyl halides is 1. The van der Waals surface area contributed by atoms with Gasteiger partial charge in [-0.2, -0.15) is 0 Å². The average molecular weight is 421 g/mol. The minimum Gasteiger partial charge on any atom is -0.358 e. The number of nitrogens with zero attached hydrogens (tertiary/aromatic N) is 3. The Labute approximate surface area is 177 Å². The van der Waals surface area contributed by atoms with E-state index in [9.17, 15) is 14.4 Å². The molecule has 2 aliphatic rings. The number of carbonyl (C=O) groups is 3. The number of para-hydroxylation sites is 1. The zero-order valence-corrected chi connectivity index (χ0v) is 18.0. The van der Waals surface area contributed by atoms with Gasteiger partial charge in [0, 0.05) is 31.7 Å². The number of likely N-dealkylation sites (N-methyl/N-ethyl adjacent to an activating group) is 1. The molecule has 0 saturated carbocycles. The molecule has 2 saturated heterocycles. The Hall–Kier alpha value is -2.28. The highest BCUT2D eigenvalue weighted by Crippen LogP contribution is 2.40.